The van der Waals surface area contributed by atoms with E-state index in [4.69, 9.17) is 10.00 Å². The Morgan fingerprint density at radius 1 is 1.50 bits per heavy atom. The Labute approximate surface area is 132 Å². The minimum absolute atomic E-state index is 0.0769. The molecule has 4 heteroatoms. The van der Waals surface area contributed by atoms with E-state index >= 15 is 0 Å². The molecule has 0 radical (unpaired) electrons. The molecule has 2 unspecified atom stereocenters. The summed E-state index contributed by atoms with van der Waals surface area (Å²) in [5, 5.41) is 12.3. The minimum Gasteiger partial charge on any atom is -0.465 e. The molecule has 0 N–H and O–H groups in total. The largest absolute Gasteiger partial charge is 0.465 e. The van der Waals surface area contributed by atoms with Crippen LogP contribution in [0.25, 0.3) is 10.1 Å². The van der Waals surface area contributed by atoms with Crippen LogP contribution in [-0.2, 0) is 16.0 Å². The molecule has 22 heavy (non-hydrogen) atoms. The Morgan fingerprint density at radius 3 is 3.18 bits per heavy atom. The Balaban J connectivity index is 1.78. The van der Waals surface area contributed by atoms with Crippen LogP contribution in [0.2, 0.25) is 0 Å². The van der Waals surface area contributed by atoms with E-state index in [0.29, 0.717) is 18.6 Å². The Bertz CT molecular complexity index is 844. The van der Waals surface area contributed by atoms with Crippen molar-refractivity contribution in [2.45, 2.75) is 19.3 Å². The number of hydrogen-bond acceptors (Lipinski definition) is 4. The standard InChI is InChI=1S/C18H15NO2S/c1-11-4-14-9-21-17(20)18(14,6-11)7-13-10-22-16-3-2-12(8-19)5-15(13)16/h2-3,5,10,14H,1,4,6-7,9H2. The molecule has 2 aromatic rings. The highest BCUT2D eigenvalue weighted by molar-refractivity contribution is 7.17. The molecule has 1 aliphatic heterocycles. The number of thiophene rings is 1. The van der Waals surface area contributed by atoms with E-state index < -0.39 is 5.41 Å². The molecule has 1 saturated heterocycles. The topological polar surface area (TPSA) is 50.1 Å². The molecule has 1 aliphatic carbocycles. The van der Waals surface area contributed by atoms with Gasteiger partial charge in [-0.2, -0.15) is 5.26 Å². The third kappa shape index (κ3) is 1.82. The highest BCUT2D eigenvalue weighted by Gasteiger charge is 2.56. The molecular weight excluding hydrogens is 294 g/mol. The predicted molar refractivity (Wildman–Crippen MR) is 85.5 cm³/mol. The van der Waals surface area contributed by atoms with Gasteiger partial charge < -0.3 is 4.74 Å². The van der Waals surface area contributed by atoms with Gasteiger partial charge in [0.2, 0.25) is 0 Å². The maximum Gasteiger partial charge on any atom is 0.313 e. The molecule has 0 spiro atoms. The zero-order chi connectivity index (χ0) is 15.3. The van der Waals surface area contributed by atoms with Gasteiger partial charge in [0.1, 0.15) is 0 Å². The molecule has 0 amide bonds. The molecular formula is C18H15NO2S. The summed E-state index contributed by atoms with van der Waals surface area (Å²) in [5.74, 6) is 0.175. The fourth-order valence-corrected chi connectivity index (χ4v) is 4.83. The second kappa shape index (κ2) is 4.69. The summed E-state index contributed by atoms with van der Waals surface area (Å²) in [6, 6.07) is 7.94. The van der Waals surface area contributed by atoms with Gasteiger partial charge in [0, 0.05) is 10.6 Å². The van der Waals surface area contributed by atoms with Crippen LogP contribution >= 0.6 is 11.3 Å². The normalized spacial score (nSPS) is 27.0. The summed E-state index contributed by atoms with van der Waals surface area (Å²) < 4.78 is 6.51. The van der Waals surface area contributed by atoms with Crippen LogP contribution in [0.3, 0.4) is 0 Å². The second-order valence-corrected chi connectivity index (χ2v) is 7.25. The van der Waals surface area contributed by atoms with Crippen molar-refractivity contribution >= 4 is 27.4 Å². The number of nitrogens with zero attached hydrogens (tertiary/aromatic N) is 1. The third-order valence-electron chi connectivity index (χ3n) is 4.99. The van der Waals surface area contributed by atoms with E-state index in [0.717, 1.165) is 34.1 Å². The monoisotopic (exact) mass is 309 g/mol. The second-order valence-electron chi connectivity index (χ2n) is 6.34. The number of cyclic esters (lactones) is 1. The number of ether oxygens (including phenoxy) is 1. The third-order valence-corrected chi connectivity index (χ3v) is 6.01. The molecule has 1 aromatic carbocycles. The average molecular weight is 309 g/mol. The van der Waals surface area contributed by atoms with Crippen molar-refractivity contribution in [3.8, 4) is 6.07 Å². The van der Waals surface area contributed by atoms with E-state index in [9.17, 15) is 4.79 Å². The van der Waals surface area contributed by atoms with Gasteiger partial charge in [-0.15, -0.1) is 11.3 Å². The SMILES string of the molecule is C=C1CC2COC(=O)C2(Cc2csc3ccc(C#N)cc23)C1. The number of hydrogen-bond donors (Lipinski definition) is 0. The number of esters is 1. The summed E-state index contributed by atoms with van der Waals surface area (Å²) in [6.07, 6.45) is 2.30. The fourth-order valence-electron chi connectivity index (χ4n) is 3.89. The number of rotatable bonds is 2. The molecule has 4 rings (SSSR count). The van der Waals surface area contributed by atoms with Crippen LogP contribution in [0.1, 0.15) is 24.0 Å². The van der Waals surface area contributed by atoms with Gasteiger partial charge in [-0.05, 0) is 53.8 Å². The Hall–Kier alpha value is -2.12. The van der Waals surface area contributed by atoms with Gasteiger partial charge in [-0.3, -0.25) is 4.79 Å². The van der Waals surface area contributed by atoms with Crippen molar-refractivity contribution in [3.63, 3.8) is 0 Å². The number of carbonyl (C=O) groups is 1. The number of carbonyl (C=O) groups excluding carboxylic acids is 1. The van der Waals surface area contributed by atoms with Crippen LogP contribution in [-0.4, -0.2) is 12.6 Å². The van der Waals surface area contributed by atoms with Crippen LogP contribution in [0.15, 0.2) is 35.7 Å². The number of nitriles is 1. The molecule has 2 fully saturated rings. The van der Waals surface area contributed by atoms with E-state index in [-0.39, 0.29) is 11.9 Å². The van der Waals surface area contributed by atoms with Gasteiger partial charge >= 0.3 is 5.97 Å². The molecule has 1 saturated carbocycles. The van der Waals surface area contributed by atoms with Crippen molar-refractivity contribution in [1.29, 1.82) is 5.26 Å². The van der Waals surface area contributed by atoms with Crippen molar-refractivity contribution < 1.29 is 9.53 Å². The smallest absolute Gasteiger partial charge is 0.313 e. The van der Waals surface area contributed by atoms with Crippen molar-refractivity contribution in [1.82, 2.24) is 0 Å². The van der Waals surface area contributed by atoms with E-state index in [1.54, 1.807) is 11.3 Å². The zero-order valence-electron chi connectivity index (χ0n) is 12.1. The van der Waals surface area contributed by atoms with Crippen molar-refractivity contribution in [3.05, 3.63) is 46.9 Å². The fraction of sp³-hybridized carbons (Fsp3) is 0.333. The average Bonchev–Trinajstić information content (AvgIpc) is 3.14. The first-order valence-electron chi connectivity index (χ1n) is 7.36. The Kier molecular flexibility index (Phi) is 2.88. The van der Waals surface area contributed by atoms with Gasteiger partial charge in [-0.1, -0.05) is 12.2 Å². The lowest BCUT2D eigenvalue weighted by Gasteiger charge is -2.23. The quantitative estimate of drug-likeness (QED) is 0.626. The molecule has 2 atom stereocenters. The molecule has 2 heterocycles. The molecule has 110 valence electrons. The van der Waals surface area contributed by atoms with E-state index in [2.05, 4.69) is 18.0 Å². The lowest BCUT2D eigenvalue weighted by atomic mass is 9.75. The van der Waals surface area contributed by atoms with Crippen LogP contribution in [0, 0.1) is 22.7 Å². The van der Waals surface area contributed by atoms with Crippen LogP contribution < -0.4 is 0 Å². The Morgan fingerprint density at radius 2 is 2.36 bits per heavy atom. The van der Waals surface area contributed by atoms with E-state index in [1.165, 1.54) is 0 Å². The minimum atomic E-state index is -0.437. The summed E-state index contributed by atoms with van der Waals surface area (Å²) in [4.78, 5) is 12.4. The predicted octanol–water partition coefficient (Wildman–Crippen LogP) is 3.82. The van der Waals surface area contributed by atoms with Crippen molar-refractivity contribution in [2.75, 3.05) is 6.61 Å². The summed E-state index contributed by atoms with van der Waals surface area (Å²) >= 11 is 1.67. The van der Waals surface area contributed by atoms with E-state index in [1.807, 2.05) is 18.2 Å². The summed E-state index contributed by atoms with van der Waals surface area (Å²) in [6.45, 7) is 4.60. The first-order valence-corrected chi connectivity index (χ1v) is 8.24. The molecule has 3 nitrogen and oxygen atoms in total. The molecule has 0 bridgehead atoms. The van der Waals surface area contributed by atoms with Gasteiger partial charge in [0.25, 0.3) is 0 Å². The van der Waals surface area contributed by atoms with Crippen LogP contribution in [0.4, 0.5) is 0 Å². The number of fused-ring (bicyclic) bond motifs is 2. The van der Waals surface area contributed by atoms with Gasteiger partial charge in [0.05, 0.1) is 23.7 Å². The number of allylic oxidation sites excluding steroid dienone is 1. The molecule has 2 aliphatic rings. The zero-order valence-corrected chi connectivity index (χ0v) is 12.9. The highest BCUT2D eigenvalue weighted by atomic mass is 32.1. The maximum absolute atomic E-state index is 12.4. The lowest BCUT2D eigenvalue weighted by Crippen LogP contribution is -2.31. The van der Waals surface area contributed by atoms with Gasteiger partial charge in [-0.25, -0.2) is 0 Å². The first kappa shape index (κ1) is 13.5. The molecule has 1 aromatic heterocycles. The van der Waals surface area contributed by atoms with Crippen molar-refractivity contribution in [2.24, 2.45) is 11.3 Å². The first-order chi connectivity index (χ1) is 10.6. The highest BCUT2D eigenvalue weighted by Crippen LogP contribution is 2.53. The number of benzene rings is 1. The summed E-state index contributed by atoms with van der Waals surface area (Å²) in [5.41, 5.74) is 2.52. The lowest BCUT2D eigenvalue weighted by molar-refractivity contribution is -0.146. The van der Waals surface area contributed by atoms with Gasteiger partial charge in [0.15, 0.2) is 0 Å². The van der Waals surface area contributed by atoms with Crippen LogP contribution in [0.5, 0.6) is 0 Å². The summed E-state index contributed by atoms with van der Waals surface area (Å²) in [7, 11) is 0. The maximum atomic E-state index is 12.4.